The monoisotopic (exact) mass is 376 g/mol. The van der Waals surface area contributed by atoms with Gasteiger partial charge in [0, 0.05) is 41.2 Å². The van der Waals surface area contributed by atoms with Crippen LogP contribution in [0.1, 0.15) is 11.1 Å². The third-order valence-electron chi connectivity index (χ3n) is 4.68. The number of para-hydroxylation sites is 1. The lowest BCUT2D eigenvalue weighted by atomic mass is 10.1. The minimum Gasteiger partial charge on any atom is -0.484 e. The van der Waals surface area contributed by atoms with Crippen LogP contribution in [0.3, 0.4) is 0 Å². The van der Waals surface area contributed by atoms with Gasteiger partial charge >= 0.3 is 5.63 Å². The lowest BCUT2D eigenvalue weighted by molar-refractivity contribution is -0.123. The molecule has 2 N–H and O–H groups in total. The van der Waals surface area contributed by atoms with Gasteiger partial charge in [0.2, 0.25) is 0 Å². The molecule has 1 amide bonds. The summed E-state index contributed by atoms with van der Waals surface area (Å²) in [6.45, 7) is 2.27. The Kier molecular flexibility index (Phi) is 4.85. The fraction of sp³-hybridized carbons (Fsp3) is 0.182. The van der Waals surface area contributed by atoms with E-state index in [1.54, 1.807) is 12.1 Å². The lowest BCUT2D eigenvalue weighted by Crippen LogP contribution is -2.30. The lowest BCUT2D eigenvalue weighted by Gasteiger charge is -2.08. The molecule has 6 nitrogen and oxygen atoms in total. The van der Waals surface area contributed by atoms with Crippen molar-refractivity contribution >= 4 is 27.8 Å². The summed E-state index contributed by atoms with van der Waals surface area (Å²) in [5.41, 5.74) is 3.13. The largest absolute Gasteiger partial charge is 0.484 e. The number of aryl methyl sites for hydroxylation is 1. The average Bonchev–Trinajstić information content (AvgIpc) is 3.09. The second-order valence-electron chi connectivity index (χ2n) is 6.65. The van der Waals surface area contributed by atoms with Gasteiger partial charge in [-0.3, -0.25) is 4.79 Å². The van der Waals surface area contributed by atoms with Gasteiger partial charge in [-0.25, -0.2) is 4.79 Å². The van der Waals surface area contributed by atoms with Gasteiger partial charge in [0.1, 0.15) is 11.3 Å². The maximum atomic E-state index is 12.1. The number of aromatic nitrogens is 1. The molecule has 4 rings (SSSR count). The highest BCUT2D eigenvalue weighted by molar-refractivity contribution is 5.83. The number of aromatic amines is 1. The van der Waals surface area contributed by atoms with Crippen LogP contribution in [-0.4, -0.2) is 24.0 Å². The Bertz CT molecular complexity index is 1210. The second kappa shape index (κ2) is 7.60. The van der Waals surface area contributed by atoms with Gasteiger partial charge in [-0.05, 0) is 42.7 Å². The van der Waals surface area contributed by atoms with Crippen molar-refractivity contribution in [1.29, 1.82) is 0 Å². The Morgan fingerprint density at radius 3 is 2.89 bits per heavy atom. The van der Waals surface area contributed by atoms with Crippen LogP contribution in [0.2, 0.25) is 0 Å². The molecule has 0 atom stereocenters. The molecule has 142 valence electrons. The van der Waals surface area contributed by atoms with Crippen molar-refractivity contribution in [1.82, 2.24) is 10.3 Å². The number of carbonyl (C=O) groups is 1. The first kappa shape index (κ1) is 17.9. The van der Waals surface area contributed by atoms with Crippen molar-refractivity contribution in [2.24, 2.45) is 0 Å². The normalized spacial score (nSPS) is 11.0. The Labute approximate surface area is 161 Å². The Morgan fingerprint density at radius 1 is 1.14 bits per heavy atom. The molecule has 0 radical (unpaired) electrons. The van der Waals surface area contributed by atoms with E-state index in [0.717, 1.165) is 28.5 Å². The van der Waals surface area contributed by atoms with E-state index in [0.29, 0.717) is 17.9 Å². The van der Waals surface area contributed by atoms with Crippen LogP contribution in [0.4, 0.5) is 0 Å². The van der Waals surface area contributed by atoms with Gasteiger partial charge < -0.3 is 19.5 Å². The third-order valence-corrected chi connectivity index (χ3v) is 4.68. The number of hydrogen-bond acceptors (Lipinski definition) is 4. The number of nitrogens with one attached hydrogen (secondary N) is 2. The number of carbonyl (C=O) groups excluding carboxylic acids is 1. The van der Waals surface area contributed by atoms with Gasteiger partial charge in [-0.15, -0.1) is 0 Å². The minimum absolute atomic E-state index is 0.102. The van der Waals surface area contributed by atoms with Crippen molar-refractivity contribution in [3.05, 3.63) is 76.3 Å². The fourth-order valence-electron chi connectivity index (χ4n) is 3.27. The molecule has 0 spiro atoms. The van der Waals surface area contributed by atoms with Gasteiger partial charge in [0.15, 0.2) is 6.61 Å². The molecule has 0 aliphatic heterocycles. The van der Waals surface area contributed by atoms with E-state index in [-0.39, 0.29) is 12.5 Å². The van der Waals surface area contributed by atoms with E-state index in [9.17, 15) is 9.59 Å². The predicted molar refractivity (Wildman–Crippen MR) is 108 cm³/mol. The molecule has 2 aromatic heterocycles. The summed E-state index contributed by atoms with van der Waals surface area (Å²) in [4.78, 5) is 26.8. The first-order valence-electron chi connectivity index (χ1n) is 9.09. The highest BCUT2D eigenvalue weighted by atomic mass is 16.5. The first-order chi connectivity index (χ1) is 13.6. The number of amides is 1. The first-order valence-corrected chi connectivity index (χ1v) is 9.09. The summed E-state index contributed by atoms with van der Waals surface area (Å²) in [7, 11) is 0. The van der Waals surface area contributed by atoms with Crippen molar-refractivity contribution in [3.63, 3.8) is 0 Å². The summed E-state index contributed by atoms with van der Waals surface area (Å²) in [6, 6.07) is 14.7. The van der Waals surface area contributed by atoms with E-state index in [1.165, 1.54) is 11.5 Å². The van der Waals surface area contributed by atoms with Crippen LogP contribution in [0.15, 0.2) is 63.9 Å². The molecule has 28 heavy (non-hydrogen) atoms. The van der Waals surface area contributed by atoms with Gasteiger partial charge in [0.25, 0.3) is 5.91 Å². The van der Waals surface area contributed by atoms with Gasteiger partial charge in [-0.2, -0.15) is 0 Å². The number of hydrogen-bond donors (Lipinski definition) is 2. The van der Waals surface area contributed by atoms with Crippen molar-refractivity contribution < 1.29 is 13.9 Å². The Hall–Kier alpha value is -3.54. The highest BCUT2D eigenvalue weighted by Crippen LogP contribution is 2.22. The minimum atomic E-state index is -0.405. The van der Waals surface area contributed by atoms with Crippen LogP contribution in [0.5, 0.6) is 5.75 Å². The molecule has 2 aromatic carbocycles. The maximum Gasteiger partial charge on any atom is 0.336 e. The summed E-state index contributed by atoms with van der Waals surface area (Å²) < 4.78 is 10.7. The summed E-state index contributed by atoms with van der Waals surface area (Å²) in [6.07, 6.45) is 2.70. The molecule has 2 heterocycles. The molecule has 0 saturated heterocycles. The van der Waals surface area contributed by atoms with E-state index in [4.69, 9.17) is 9.15 Å². The Morgan fingerprint density at radius 2 is 2.00 bits per heavy atom. The highest BCUT2D eigenvalue weighted by Gasteiger charge is 2.07. The zero-order chi connectivity index (χ0) is 19.5. The Balaban J connectivity index is 1.32. The van der Waals surface area contributed by atoms with Crippen molar-refractivity contribution in [2.75, 3.05) is 13.2 Å². The molecule has 0 saturated carbocycles. The standard InChI is InChI=1S/C22H20N2O4/c1-14-10-22(26)28-20-11-16(6-7-17(14)20)27-13-21(25)23-9-8-15-12-24-19-5-3-2-4-18(15)19/h2-7,10-12,24H,8-9,13H2,1H3,(H,23,25). The number of ether oxygens (including phenoxy) is 1. The smallest absolute Gasteiger partial charge is 0.336 e. The zero-order valence-corrected chi connectivity index (χ0v) is 15.5. The summed E-state index contributed by atoms with van der Waals surface area (Å²) in [5, 5.41) is 4.87. The number of rotatable bonds is 6. The van der Waals surface area contributed by atoms with Gasteiger partial charge in [0.05, 0.1) is 0 Å². The molecule has 0 bridgehead atoms. The molecule has 0 unspecified atom stereocenters. The van der Waals surface area contributed by atoms with Crippen molar-refractivity contribution in [3.8, 4) is 5.75 Å². The average molecular weight is 376 g/mol. The predicted octanol–water partition coefficient (Wildman–Crippen LogP) is 3.32. The molecule has 6 heteroatoms. The number of fused-ring (bicyclic) bond motifs is 2. The van der Waals surface area contributed by atoms with Crippen LogP contribution < -0.4 is 15.7 Å². The van der Waals surface area contributed by atoms with E-state index in [1.807, 2.05) is 37.4 Å². The molecular formula is C22H20N2O4. The molecule has 0 fully saturated rings. The SMILES string of the molecule is Cc1cc(=O)oc2cc(OCC(=O)NCCc3c[nH]c4ccccc34)ccc12. The molecule has 0 aliphatic rings. The quantitative estimate of drug-likeness (QED) is 0.506. The molecule has 0 aliphatic carbocycles. The molecular weight excluding hydrogens is 356 g/mol. The maximum absolute atomic E-state index is 12.1. The van der Waals surface area contributed by atoms with Crippen molar-refractivity contribution in [2.45, 2.75) is 13.3 Å². The van der Waals surface area contributed by atoms with E-state index >= 15 is 0 Å². The third kappa shape index (κ3) is 3.76. The van der Waals surface area contributed by atoms with Crippen LogP contribution in [-0.2, 0) is 11.2 Å². The number of benzene rings is 2. The topological polar surface area (TPSA) is 84.3 Å². The van der Waals surface area contributed by atoms with Crippen LogP contribution >= 0.6 is 0 Å². The zero-order valence-electron chi connectivity index (χ0n) is 15.5. The number of H-pyrrole nitrogens is 1. The van der Waals surface area contributed by atoms with Crippen LogP contribution in [0, 0.1) is 6.92 Å². The van der Waals surface area contributed by atoms with E-state index < -0.39 is 5.63 Å². The van der Waals surface area contributed by atoms with E-state index in [2.05, 4.69) is 16.4 Å². The fourth-order valence-corrected chi connectivity index (χ4v) is 3.27. The molecule has 4 aromatic rings. The summed E-state index contributed by atoms with van der Waals surface area (Å²) in [5.74, 6) is 0.277. The second-order valence-corrected chi connectivity index (χ2v) is 6.65. The van der Waals surface area contributed by atoms with Crippen LogP contribution in [0.25, 0.3) is 21.9 Å². The summed E-state index contributed by atoms with van der Waals surface area (Å²) >= 11 is 0. The van der Waals surface area contributed by atoms with Gasteiger partial charge in [-0.1, -0.05) is 18.2 Å².